The standard InChI is InChI=1S/C15H25N3OS/c1-16-10-14-2-3-15(20-14)12-17-5-4-13(11-17)18-6-8-19-9-7-18/h2-3,13,16H,4-12H2,1H3. The van der Waals surface area contributed by atoms with Crippen LogP contribution in [0.25, 0.3) is 0 Å². The first-order valence-corrected chi connectivity index (χ1v) is 8.43. The third kappa shape index (κ3) is 3.59. The Hall–Kier alpha value is -0.460. The van der Waals surface area contributed by atoms with E-state index in [1.807, 2.05) is 18.4 Å². The minimum atomic E-state index is 0.746. The van der Waals surface area contributed by atoms with Crippen molar-refractivity contribution in [3.63, 3.8) is 0 Å². The number of likely N-dealkylation sites (tertiary alicyclic amines) is 1. The van der Waals surface area contributed by atoms with E-state index in [0.717, 1.165) is 45.4 Å². The highest BCUT2D eigenvalue weighted by molar-refractivity contribution is 7.11. The van der Waals surface area contributed by atoms with Gasteiger partial charge >= 0.3 is 0 Å². The minimum Gasteiger partial charge on any atom is -0.379 e. The average molecular weight is 295 g/mol. The van der Waals surface area contributed by atoms with E-state index >= 15 is 0 Å². The maximum Gasteiger partial charge on any atom is 0.0594 e. The smallest absolute Gasteiger partial charge is 0.0594 e. The van der Waals surface area contributed by atoms with Gasteiger partial charge in [-0.2, -0.15) is 0 Å². The van der Waals surface area contributed by atoms with Crippen LogP contribution in [-0.2, 0) is 17.8 Å². The Morgan fingerprint density at radius 3 is 2.85 bits per heavy atom. The summed E-state index contributed by atoms with van der Waals surface area (Å²) in [7, 11) is 2.01. The molecule has 1 aromatic rings. The summed E-state index contributed by atoms with van der Waals surface area (Å²) in [6, 6.07) is 5.29. The van der Waals surface area contributed by atoms with E-state index in [9.17, 15) is 0 Å². The Kier molecular flexibility index (Phi) is 5.07. The molecule has 112 valence electrons. The molecule has 0 spiro atoms. The van der Waals surface area contributed by atoms with Gasteiger partial charge in [-0.25, -0.2) is 0 Å². The summed E-state index contributed by atoms with van der Waals surface area (Å²) in [6.45, 7) is 8.62. The predicted octanol–water partition coefficient (Wildman–Crippen LogP) is 1.37. The number of hydrogen-bond acceptors (Lipinski definition) is 5. The molecule has 0 amide bonds. The highest BCUT2D eigenvalue weighted by Crippen LogP contribution is 2.22. The van der Waals surface area contributed by atoms with Crippen molar-refractivity contribution in [2.24, 2.45) is 0 Å². The fraction of sp³-hybridized carbons (Fsp3) is 0.733. The van der Waals surface area contributed by atoms with E-state index in [-0.39, 0.29) is 0 Å². The number of hydrogen-bond donors (Lipinski definition) is 1. The summed E-state index contributed by atoms with van der Waals surface area (Å²) >= 11 is 1.94. The molecular formula is C15H25N3OS. The van der Waals surface area contributed by atoms with Gasteiger partial charge < -0.3 is 10.1 Å². The monoisotopic (exact) mass is 295 g/mol. The van der Waals surface area contributed by atoms with Crippen LogP contribution in [0.2, 0.25) is 0 Å². The summed E-state index contributed by atoms with van der Waals surface area (Å²) in [5.41, 5.74) is 0. The van der Waals surface area contributed by atoms with Crippen LogP contribution in [0.5, 0.6) is 0 Å². The number of rotatable bonds is 5. The predicted molar refractivity (Wildman–Crippen MR) is 83.2 cm³/mol. The molecule has 4 nitrogen and oxygen atoms in total. The molecule has 1 aromatic heterocycles. The van der Waals surface area contributed by atoms with Crippen molar-refractivity contribution in [3.05, 3.63) is 21.9 Å². The highest BCUT2D eigenvalue weighted by Gasteiger charge is 2.28. The molecule has 3 heterocycles. The van der Waals surface area contributed by atoms with Gasteiger partial charge in [0.1, 0.15) is 0 Å². The second-order valence-electron chi connectivity index (χ2n) is 5.72. The molecule has 1 atom stereocenters. The largest absolute Gasteiger partial charge is 0.379 e. The second-order valence-corrected chi connectivity index (χ2v) is 6.98. The van der Waals surface area contributed by atoms with E-state index < -0.39 is 0 Å². The van der Waals surface area contributed by atoms with Gasteiger partial charge in [-0.1, -0.05) is 0 Å². The molecule has 0 bridgehead atoms. The number of ether oxygens (including phenoxy) is 1. The van der Waals surface area contributed by atoms with Gasteiger partial charge in [-0.05, 0) is 25.6 Å². The van der Waals surface area contributed by atoms with E-state index in [4.69, 9.17) is 4.74 Å². The summed E-state index contributed by atoms with van der Waals surface area (Å²) in [6.07, 6.45) is 1.31. The first kappa shape index (κ1) is 14.5. The number of nitrogens with zero attached hydrogens (tertiary/aromatic N) is 2. The van der Waals surface area contributed by atoms with Crippen LogP contribution in [0.1, 0.15) is 16.2 Å². The van der Waals surface area contributed by atoms with Crippen LogP contribution in [-0.4, -0.2) is 62.3 Å². The second kappa shape index (κ2) is 7.00. The molecule has 0 saturated carbocycles. The molecule has 2 saturated heterocycles. The van der Waals surface area contributed by atoms with Crippen molar-refractivity contribution in [2.75, 3.05) is 46.4 Å². The molecule has 1 N–H and O–H groups in total. The zero-order chi connectivity index (χ0) is 13.8. The maximum absolute atomic E-state index is 5.45. The van der Waals surface area contributed by atoms with Gasteiger partial charge in [-0.3, -0.25) is 9.80 Å². The first-order chi connectivity index (χ1) is 9.85. The highest BCUT2D eigenvalue weighted by atomic mass is 32.1. The lowest BCUT2D eigenvalue weighted by molar-refractivity contribution is 0.0184. The topological polar surface area (TPSA) is 27.7 Å². The van der Waals surface area contributed by atoms with Crippen LogP contribution in [0.15, 0.2) is 12.1 Å². The van der Waals surface area contributed by atoms with Gasteiger partial charge in [0, 0.05) is 55.1 Å². The van der Waals surface area contributed by atoms with E-state index in [1.165, 1.54) is 29.3 Å². The quantitative estimate of drug-likeness (QED) is 0.888. The third-order valence-electron chi connectivity index (χ3n) is 4.26. The van der Waals surface area contributed by atoms with Crippen LogP contribution in [0.4, 0.5) is 0 Å². The van der Waals surface area contributed by atoms with E-state index in [2.05, 4.69) is 27.2 Å². The van der Waals surface area contributed by atoms with Crippen molar-refractivity contribution in [2.45, 2.75) is 25.6 Å². The zero-order valence-corrected chi connectivity index (χ0v) is 13.1. The molecule has 2 fully saturated rings. The third-order valence-corrected chi connectivity index (χ3v) is 5.33. The van der Waals surface area contributed by atoms with Crippen LogP contribution < -0.4 is 5.32 Å². The lowest BCUT2D eigenvalue weighted by Gasteiger charge is -2.32. The molecule has 1 unspecified atom stereocenters. The van der Waals surface area contributed by atoms with Crippen molar-refractivity contribution in [3.8, 4) is 0 Å². The summed E-state index contributed by atoms with van der Waals surface area (Å²) < 4.78 is 5.45. The fourth-order valence-electron chi connectivity index (χ4n) is 3.19. The first-order valence-electron chi connectivity index (χ1n) is 7.61. The van der Waals surface area contributed by atoms with Crippen LogP contribution >= 0.6 is 11.3 Å². The minimum absolute atomic E-state index is 0.746. The van der Waals surface area contributed by atoms with Gasteiger partial charge in [0.05, 0.1) is 13.2 Å². The Labute approximate surface area is 125 Å². The van der Waals surface area contributed by atoms with Crippen LogP contribution in [0.3, 0.4) is 0 Å². The lowest BCUT2D eigenvalue weighted by Crippen LogP contribution is -2.44. The molecular weight excluding hydrogens is 270 g/mol. The van der Waals surface area contributed by atoms with Gasteiger partial charge in [0.25, 0.3) is 0 Å². The molecule has 2 aliphatic rings. The van der Waals surface area contributed by atoms with Gasteiger partial charge in [0.15, 0.2) is 0 Å². The van der Waals surface area contributed by atoms with Crippen molar-refractivity contribution in [1.82, 2.24) is 15.1 Å². The van der Waals surface area contributed by atoms with Crippen molar-refractivity contribution in [1.29, 1.82) is 0 Å². The number of thiophene rings is 1. The average Bonchev–Trinajstić information content (AvgIpc) is 3.11. The molecule has 0 aromatic carbocycles. The summed E-state index contributed by atoms with van der Waals surface area (Å²) in [4.78, 5) is 8.16. The lowest BCUT2D eigenvalue weighted by atomic mass is 10.2. The summed E-state index contributed by atoms with van der Waals surface area (Å²) in [5.74, 6) is 0. The maximum atomic E-state index is 5.45. The van der Waals surface area contributed by atoms with Crippen molar-refractivity contribution < 1.29 is 4.74 Å². The Bertz CT molecular complexity index is 417. The van der Waals surface area contributed by atoms with Crippen LogP contribution in [0, 0.1) is 0 Å². The van der Waals surface area contributed by atoms with Gasteiger partial charge in [-0.15, -0.1) is 11.3 Å². The summed E-state index contributed by atoms with van der Waals surface area (Å²) in [5, 5.41) is 3.22. The fourth-order valence-corrected chi connectivity index (χ4v) is 4.27. The Balaban J connectivity index is 1.49. The number of morpholine rings is 1. The SMILES string of the molecule is CNCc1ccc(CN2CCC(N3CCOCC3)C2)s1. The van der Waals surface area contributed by atoms with E-state index in [0.29, 0.717) is 0 Å². The Morgan fingerprint density at radius 2 is 2.05 bits per heavy atom. The molecule has 2 aliphatic heterocycles. The van der Waals surface area contributed by atoms with Crippen molar-refractivity contribution >= 4 is 11.3 Å². The number of nitrogens with one attached hydrogen (secondary N) is 1. The molecule has 0 aliphatic carbocycles. The normalized spacial score (nSPS) is 25.4. The molecule has 0 radical (unpaired) electrons. The molecule has 20 heavy (non-hydrogen) atoms. The zero-order valence-electron chi connectivity index (χ0n) is 12.3. The van der Waals surface area contributed by atoms with E-state index in [1.54, 1.807) is 0 Å². The molecule has 3 rings (SSSR count). The van der Waals surface area contributed by atoms with Gasteiger partial charge in [0.2, 0.25) is 0 Å². The molecule has 5 heteroatoms. The Morgan fingerprint density at radius 1 is 1.25 bits per heavy atom.